The van der Waals surface area contributed by atoms with E-state index in [9.17, 15) is 9.59 Å². The van der Waals surface area contributed by atoms with Gasteiger partial charge in [0.1, 0.15) is 11.9 Å². The average Bonchev–Trinajstić information content (AvgIpc) is 3.20. The fourth-order valence-electron chi connectivity index (χ4n) is 4.15. The maximum absolute atomic E-state index is 12.5. The van der Waals surface area contributed by atoms with Crippen molar-refractivity contribution in [2.24, 2.45) is 0 Å². The third kappa shape index (κ3) is 3.47. The minimum atomic E-state index is -0.542. The van der Waals surface area contributed by atoms with Crippen molar-refractivity contribution in [1.82, 2.24) is 14.8 Å². The molecule has 3 heterocycles. The number of cyclic esters (lactones) is 1. The van der Waals surface area contributed by atoms with E-state index in [1.807, 2.05) is 36.4 Å². The van der Waals surface area contributed by atoms with E-state index in [-0.39, 0.29) is 18.3 Å². The van der Waals surface area contributed by atoms with Gasteiger partial charge in [-0.2, -0.15) is 0 Å². The zero-order valence-electron chi connectivity index (χ0n) is 16.5. The Bertz CT molecular complexity index is 1100. The maximum Gasteiger partial charge on any atom is 0.339 e. The summed E-state index contributed by atoms with van der Waals surface area (Å²) in [7, 11) is 0. The highest BCUT2D eigenvalue weighted by molar-refractivity contribution is 5.96. The van der Waals surface area contributed by atoms with Crippen molar-refractivity contribution in [3.8, 4) is 11.4 Å². The van der Waals surface area contributed by atoms with Gasteiger partial charge in [0, 0.05) is 29.8 Å². The Balaban J connectivity index is 1.26. The first-order chi connectivity index (χ1) is 14.7. The van der Waals surface area contributed by atoms with E-state index in [0.717, 1.165) is 48.6 Å². The smallest absolute Gasteiger partial charge is 0.339 e. The normalized spacial score (nSPS) is 17.6. The van der Waals surface area contributed by atoms with Crippen molar-refractivity contribution in [3.63, 3.8) is 0 Å². The topological polar surface area (TPSA) is 86.1 Å². The fraction of sp³-hybridized carbons (Fsp3) is 0.304. The highest BCUT2D eigenvalue weighted by Gasteiger charge is 2.32. The first-order valence-corrected chi connectivity index (χ1v) is 10.3. The lowest BCUT2D eigenvalue weighted by Crippen LogP contribution is -2.15. The quantitative estimate of drug-likeness (QED) is 0.669. The largest absolute Gasteiger partial charge is 0.453 e. The Morgan fingerprint density at radius 3 is 2.77 bits per heavy atom. The molecule has 1 N–H and O–H groups in total. The summed E-state index contributed by atoms with van der Waals surface area (Å²) in [5.41, 5.74) is 2.97. The van der Waals surface area contributed by atoms with E-state index < -0.39 is 6.10 Å². The maximum atomic E-state index is 12.5. The summed E-state index contributed by atoms with van der Waals surface area (Å²) in [6.07, 6.45) is 4.02. The van der Waals surface area contributed by atoms with E-state index in [0.29, 0.717) is 11.3 Å². The second-order valence-corrected chi connectivity index (χ2v) is 7.71. The molecule has 0 fully saturated rings. The van der Waals surface area contributed by atoms with Gasteiger partial charge in [-0.3, -0.25) is 4.79 Å². The molecule has 2 aliphatic heterocycles. The van der Waals surface area contributed by atoms with Gasteiger partial charge in [0.05, 0.1) is 12.0 Å². The predicted octanol–water partition coefficient (Wildman–Crippen LogP) is 3.91. The molecular weight excluding hydrogens is 380 g/mol. The number of ether oxygens (including phenoxy) is 1. The summed E-state index contributed by atoms with van der Waals surface area (Å²) in [5.74, 6) is 1.35. The number of anilines is 1. The van der Waals surface area contributed by atoms with Gasteiger partial charge in [-0.1, -0.05) is 24.6 Å². The minimum Gasteiger partial charge on any atom is -0.453 e. The van der Waals surface area contributed by atoms with Gasteiger partial charge >= 0.3 is 5.97 Å². The van der Waals surface area contributed by atoms with Gasteiger partial charge in [0.15, 0.2) is 5.82 Å². The Morgan fingerprint density at radius 1 is 1.07 bits per heavy atom. The number of nitrogens with zero attached hydrogens (tertiary/aromatic N) is 3. The van der Waals surface area contributed by atoms with Crippen LogP contribution in [0.2, 0.25) is 0 Å². The number of aryl methyl sites for hydroxylation is 1. The van der Waals surface area contributed by atoms with Crippen molar-refractivity contribution in [1.29, 1.82) is 0 Å². The third-order valence-corrected chi connectivity index (χ3v) is 5.68. The van der Waals surface area contributed by atoms with Crippen LogP contribution < -0.4 is 5.32 Å². The molecule has 2 aromatic carbocycles. The molecule has 7 heteroatoms. The van der Waals surface area contributed by atoms with Crippen LogP contribution in [0.5, 0.6) is 0 Å². The molecular formula is C23H22N4O3. The van der Waals surface area contributed by atoms with E-state index in [2.05, 4.69) is 20.1 Å². The Kier molecular flexibility index (Phi) is 4.78. The zero-order valence-corrected chi connectivity index (χ0v) is 16.5. The summed E-state index contributed by atoms with van der Waals surface area (Å²) in [6.45, 7) is 0.942. The van der Waals surface area contributed by atoms with Crippen molar-refractivity contribution >= 4 is 17.6 Å². The number of amides is 1. The van der Waals surface area contributed by atoms with Crippen molar-refractivity contribution in [2.45, 2.75) is 44.8 Å². The second kappa shape index (κ2) is 7.74. The number of hydrogen-bond donors (Lipinski definition) is 1. The fourth-order valence-corrected chi connectivity index (χ4v) is 4.15. The monoisotopic (exact) mass is 402 g/mol. The molecule has 0 radical (unpaired) electrons. The summed E-state index contributed by atoms with van der Waals surface area (Å²) in [5, 5.41) is 11.6. The van der Waals surface area contributed by atoms with E-state index in [4.69, 9.17) is 4.74 Å². The first kappa shape index (κ1) is 18.5. The highest BCUT2D eigenvalue weighted by atomic mass is 16.5. The predicted molar refractivity (Wildman–Crippen MR) is 111 cm³/mol. The number of esters is 1. The summed E-state index contributed by atoms with van der Waals surface area (Å²) in [4.78, 5) is 24.4. The van der Waals surface area contributed by atoms with Gasteiger partial charge in [-0.25, -0.2) is 4.79 Å². The molecule has 2 aliphatic rings. The second-order valence-electron chi connectivity index (χ2n) is 7.71. The molecule has 0 saturated heterocycles. The molecule has 0 saturated carbocycles. The number of aromatic nitrogens is 3. The molecule has 0 aliphatic carbocycles. The van der Waals surface area contributed by atoms with Crippen molar-refractivity contribution in [3.05, 3.63) is 65.5 Å². The molecule has 30 heavy (non-hydrogen) atoms. The van der Waals surface area contributed by atoms with Gasteiger partial charge in [-0.05, 0) is 43.2 Å². The number of nitrogens with one attached hydrogen (secondary N) is 1. The Hall–Kier alpha value is -3.48. The van der Waals surface area contributed by atoms with Gasteiger partial charge in [-0.15, -0.1) is 10.2 Å². The number of carbonyl (C=O) groups excluding carboxylic acids is 2. The molecule has 1 amide bonds. The van der Waals surface area contributed by atoms with Crippen LogP contribution in [-0.2, 0) is 22.5 Å². The van der Waals surface area contributed by atoms with Crippen LogP contribution in [0.25, 0.3) is 11.4 Å². The SMILES string of the molecule is O=C(C[C@H]1OC(=O)c2ccccc21)Nc1ccc(-c2nnc3n2CCCCC3)cc1. The number of benzene rings is 2. The van der Waals surface area contributed by atoms with Gasteiger partial charge in [0.2, 0.25) is 5.91 Å². The molecule has 7 nitrogen and oxygen atoms in total. The van der Waals surface area contributed by atoms with Crippen LogP contribution in [0.3, 0.4) is 0 Å². The molecule has 5 rings (SSSR count). The van der Waals surface area contributed by atoms with Crippen LogP contribution in [0.15, 0.2) is 48.5 Å². The van der Waals surface area contributed by atoms with Crippen LogP contribution >= 0.6 is 0 Å². The minimum absolute atomic E-state index is 0.0855. The summed E-state index contributed by atoms with van der Waals surface area (Å²) >= 11 is 0. The van der Waals surface area contributed by atoms with Crippen LogP contribution in [-0.4, -0.2) is 26.6 Å². The zero-order chi connectivity index (χ0) is 20.5. The molecule has 0 bridgehead atoms. The molecule has 1 aromatic heterocycles. The lowest BCUT2D eigenvalue weighted by atomic mass is 10.0. The van der Waals surface area contributed by atoms with Crippen LogP contribution in [0, 0.1) is 0 Å². The van der Waals surface area contributed by atoms with E-state index in [1.165, 1.54) is 6.42 Å². The molecule has 3 aromatic rings. The lowest BCUT2D eigenvalue weighted by Gasteiger charge is -2.12. The number of carbonyl (C=O) groups is 2. The summed E-state index contributed by atoms with van der Waals surface area (Å²) < 4.78 is 7.55. The lowest BCUT2D eigenvalue weighted by molar-refractivity contribution is -0.118. The van der Waals surface area contributed by atoms with Crippen LogP contribution in [0.4, 0.5) is 5.69 Å². The van der Waals surface area contributed by atoms with Crippen molar-refractivity contribution in [2.75, 3.05) is 5.32 Å². The average molecular weight is 402 g/mol. The summed E-state index contributed by atoms with van der Waals surface area (Å²) in [6, 6.07) is 14.8. The van der Waals surface area contributed by atoms with Gasteiger partial charge < -0.3 is 14.6 Å². The highest BCUT2D eigenvalue weighted by Crippen LogP contribution is 2.33. The number of rotatable bonds is 4. The Labute approximate surface area is 174 Å². The standard InChI is InChI=1S/C23H22N4O3/c28-21(14-19-17-6-3-4-7-18(17)23(29)30-19)24-16-11-9-15(10-12-16)22-26-25-20-8-2-1-5-13-27(20)22/h3-4,6-7,9-12,19H,1-2,5,8,13-14H2,(H,24,28)/t19-/m1/s1. The molecule has 1 atom stereocenters. The molecule has 0 spiro atoms. The Morgan fingerprint density at radius 2 is 1.90 bits per heavy atom. The van der Waals surface area contributed by atoms with E-state index >= 15 is 0 Å². The van der Waals surface area contributed by atoms with Crippen LogP contribution in [0.1, 0.15) is 53.5 Å². The molecule has 152 valence electrons. The van der Waals surface area contributed by atoms with Gasteiger partial charge in [0.25, 0.3) is 0 Å². The first-order valence-electron chi connectivity index (χ1n) is 10.3. The third-order valence-electron chi connectivity index (χ3n) is 5.68. The molecule has 0 unspecified atom stereocenters. The van der Waals surface area contributed by atoms with Crippen molar-refractivity contribution < 1.29 is 14.3 Å². The van der Waals surface area contributed by atoms with E-state index in [1.54, 1.807) is 12.1 Å². The number of hydrogen-bond acceptors (Lipinski definition) is 5. The number of fused-ring (bicyclic) bond motifs is 2.